The van der Waals surface area contributed by atoms with E-state index in [0.717, 1.165) is 18.6 Å². The van der Waals surface area contributed by atoms with Crippen LogP contribution in [-0.4, -0.2) is 16.7 Å². The quantitative estimate of drug-likeness (QED) is 0.885. The highest BCUT2D eigenvalue weighted by molar-refractivity contribution is 5.52. The maximum atomic E-state index is 13.0. The van der Waals surface area contributed by atoms with Crippen molar-refractivity contribution in [3.05, 3.63) is 35.7 Å². The van der Waals surface area contributed by atoms with E-state index < -0.39 is 11.6 Å². The molecule has 2 N–H and O–H groups in total. The fourth-order valence-electron chi connectivity index (χ4n) is 1.36. The zero-order valence-corrected chi connectivity index (χ0v) is 8.99. The summed E-state index contributed by atoms with van der Waals surface area (Å²) < 4.78 is 30.7. The second-order valence-corrected chi connectivity index (χ2v) is 3.54. The van der Waals surface area contributed by atoms with Gasteiger partial charge in [-0.15, -0.1) is 0 Å². The Labute approximate surface area is 96.4 Å². The van der Waals surface area contributed by atoms with E-state index >= 15 is 0 Å². The van der Waals surface area contributed by atoms with Gasteiger partial charge < -0.3 is 10.3 Å². The van der Waals surface area contributed by atoms with Crippen LogP contribution >= 0.6 is 0 Å². The Bertz CT molecular complexity index is 513. The molecule has 1 aromatic carbocycles. The van der Waals surface area contributed by atoms with Crippen LogP contribution in [0.2, 0.25) is 0 Å². The number of hydrogen-bond donors (Lipinski definition) is 1. The molecule has 1 aromatic heterocycles. The van der Waals surface area contributed by atoms with Gasteiger partial charge in [-0.2, -0.15) is 4.98 Å². The molecule has 0 aliphatic rings. The molecule has 1 heterocycles. The van der Waals surface area contributed by atoms with Gasteiger partial charge in [0.05, 0.1) is 0 Å². The van der Waals surface area contributed by atoms with Gasteiger partial charge in [0.1, 0.15) is 0 Å². The summed E-state index contributed by atoms with van der Waals surface area (Å²) in [5.41, 5.74) is 5.71. The number of aromatic nitrogens is 2. The van der Waals surface area contributed by atoms with Gasteiger partial charge in [0.2, 0.25) is 0 Å². The molecule has 0 fully saturated rings. The third-order valence-corrected chi connectivity index (χ3v) is 2.24. The molecule has 2 aromatic rings. The lowest BCUT2D eigenvalue weighted by Crippen LogP contribution is -2.01. The molecule has 0 atom stereocenters. The average Bonchev–Trinajstić information content (AvgIpc) is 2.79. The van der Waals surface area contributed by atoms with Crippen LogP contribution in [0.1, 0.15) is 12.2 Å². The summed E-state index contributed by atoms with van der Waals surface area (Å²) in [7, 11) is 0. The Balaban J connectivity index is 2.21. The highest BCUT2D eigenvalue weighted by Crippen LogP contribution is 2.19. The van der Waals surface area contributed by atoms with Gasteiger partial charge in [-0.1, -0.05) is 5.16 Å². The van der Waals surface area contributed by atoms with Gasteiger partial charge in [0.15, 0.2) is 17.5 Å². The lowest BCUT2D eigenvalue weighted by atomic mass is 10.2. The fraction of sp³-hybridized carbons (Fsp3) is 0.273. The van der Waals surface area contributed by atoms with Crippen LogP contribution in [-0.2, 0) is 6.42 Å². The Morgan fingerprint density at radius 2 is 2.06 bits per heavy atom. The zero-order chi connectivity index (χ0) is 12.3. The van der Waals surface area contributed by atoms with Gasteiger partial charge in [-0.05, 0) is 31.2 Å². The van der Waals surface area contributed by atoms with Gasteiger partial charge >= 0.3 is 0 Å². The summed E-state index contributed by atoms with van der Waals surface area (Å²) in [5, 5.41) is 3.72. The van der Waals surface area contributed by atoms with Crippen LogP contribution in [0.15, 0.2) is 22.7 Å². The first kappa shape index (κ1) is 11.7. The predicted octanol–water partition coefficient (Wildman–Crippen LogP) is 1.91. The van der Waals surface area contributed by atoms with E-state index in [1.807, 2.05) is 0 Å². The molecule has 17 heavy (non-hydrogen) atoms. The van der Waals surface area contributed by atoms with E-state index in [4.69, 9.17) is 10.3 Å². The second-order valence-electron chi connectivity index (χ2n) is 3.54. The number of halogens is 2. The molecule has 0 aliphatic heterocycles. The number of benzene rings is 1. The Morgan fingerprint density at radius 1 is 1.24 bits per heavy atom. The van der Waals surface area contributed by atoms with E-state index in [-0.39, 0.29) is 5.89 Å². The number of rotatable bonds is 4. The maximum Gasteiger partial charge on any atom is 0.258 e. The predicted molar refractivity (Wildman–Crippen MR) is 57.0 cm³/mol. The molecule has 0 amide bonds. The van der Waals surface area contributed by atoms with Crippen LogP contribution in [0.25, 0.3) is 11.5 Å². The van der Waals surface area contributed by atoms with E-state index in [9.17, 15) is 8.78 Å². The van der Waals surface area contributed by atoms with Crippen molar-refractivity contribution >= 4 is 0 Å². The van der Waals surface area contributed by atoms with Gasteiger partial charge in [-0.25, -0.2) is 8.78 Å². The van der Waals surface area contributed by atoms with Crippen molar-refractivity contribution < 1.29 is 13.3 Å². The highest BCUT2D eigenvalue weighted by atomic mass is 19.2. The van der Waals surface area contributed by atoms with Crippen LogP contribution in [0.3, 0.4) is 0 Å². The van der Waals surface area contributed by atoms with E-state index in [2.05, 4.69) is 10.1 Å². The van der Waals surface area contributed by atoms with Crippen LogP contribution in [0.4, 0.5) is 8.78 Å². The Morgan fingerprint density at radius 3 is 2.76 bits per heavy atom. The van der Waals surface area contributed by atoms with E-state index in [1.165, 1.54) is 6.07 Å². The second kappa shape index (κ2) is 5.01. The van der Waals surface area contributed by atoms with Crippen LogP contribution in [0, 0.1) is 11.6 Å². The standard InChI is InChI=1S/C11H11F2N3O/c12-8-4-3-7(6-9(8)13)11-15-10(16-17-11)2-1-5-14/h3-4,6H,1-2,5,14H2. The van der Waals surface area contributed by atoms with Gasteiger partial charge in [-0.3, -0.25) is 0 Å². The zero-order valence-electron chi connectivity index (χ0n) is 8.99. The number of nitrogens with two attached hydrogens (primary N) is 1. The first-order valence-electron chi connectivity index (χ1n) is 5.19. The molecule has 0 saturated carbocycles. The lowest BCUT2D eigenvalue weighted by molar-refractivity contribution is 0.421. The summed E-state index contributed by atoms with van der Waals surface area (Å²) in [6, 6.07) is 3.43. The normalized spacial score (nSPS) is 10.8. The summed E-state index contributed by atoms with van der Waals surface area (Å²) in [4.78, 5) is 4.07. The van der Waals surface area contributed by atoms with E-state index in [0.29, 0.717) is 24.4 Å². The van der Waals surface area contributed by atoms with Crippen molar-refractivity contribution in [2.24, 2.45) is 5.73 Å². The minimum absolute atomic E-state index is 0.177. The summed E-state index contributed by atoms with van der Waals surface area (Å²) in [6.45, 7) is 0.537. The molecule has 0 bridgehead atoms. The highest BCUT2D eigenvalue weighted by Gasteiger charge is 2.11. The molecular weight excluding hydrogens is 228 g/mol. The van der Waals surface area contributed by atoms with Crippen LogP contribution < -0.4 is 5.73 Å². The molecule has 90 valence electrons. The molecule has 0 unspecified atom stereocenters. The molecule has 0 aliphatic carbocycles. The summed E-state index contributed by atoms with van der Waals surface area (Å²) in [5.74, 6) is -1.16. The molecular formula is C11H11F2N3O. The summed E-state index contributed by atoms with van der Waals surface area (Å²) >= 11 is 0. The van der Waals surface area contributed by atoms with Crippen molar-refractivity contribution in [2.75, 3.05) is 6.54 Å². The van der Waals surface area contributed by atoms with Crippen molar-refractivity contribution in [1.82, 2.24) is 10.1 Å². The molecule has 0 spiro atoms. The molecule has 0 radical (unpaired) electrons. The van der Waals surface area contributed by atoms with Gasteiger partial charge in [0.25, 0.3) is 5.89 Å². The fourth-order valence-corrected chi connectivity index (χ4v) is 1.36. The third kappa shape index (κ3) is 2.65. The third-order valence-electron chi connectivity index (χ3n) is 2.24. The van der Waals surface area contributed by atoms with Crippen molar-refractivity contribution in [3.63, 3.8) is 0 Å². The monoisotopic (exact) mass is 239 g/mol. The van der Waals surface area contributed by atoms with Crippen molar-refractivity contribution in [2.45, 2.75) is 12.8 Å². The largest absolute Gasteiger partial charge is 0.334 e. The van der Waals surface area contributed by atoms with Crippen molar-refractivity contribution in [3.8, 4) is 11.5 Å². The number of nitrogens with zero attached hydrogens (tertiary/aromatic N) is 2. The molecule has 0 saturated heterocycles. The minimum Gasteiger partial charge on any atom is -0.334 e. The minimum atomic E-state index is -0.941. The average molecular weight is 239 g/mol. The smallest absolute Gasteiger partial charge is 0.258 e. The lowest BCUT2D eigenvalue weighted by Gasteiger charge is -1.95. The Hall–Kier alpha value is -1.82. The topological polar surface area (TPSA) is 64.9 Å². The van der Waals surface area contributed by atoms with Crippen LogP contribution in [0.5, 0.6) is 0 Å². The number of aryl methyl sites for hydroxylation is 1. The Kier molecular flexibility index (Phi) is 3.43. The first-order chi connectivity index (χ1) is 8.20. The SMILES string of the molecule is NCCCc1noc(-c2ccc(F)c(F)c2)n1. The van der Waals surface area contributed by atoms with Crippen molar-refractivity contribution in [1.29, 1.82) is 0 Å². The number of hydrogen-bond acceptors (Lipinski definition) is 4. The molecule has 2 rings (SSSR count). The van der Waals surface area contributed by atoms with E-state index in [1.54, 1.807) is 0 Å². The molecule has 4 nitrogen and oxygen atoms in total. The summed E-state index contributed by atoms with van der Waals surface area (Å²) in [6.07, 6.45) is 1.35. The maximum absolute atomic E-state index is 13.0. The first-order valence-corrected chi connectivity index (χ1v) is 5.19. The van der Waals surface area contributed by atoms with Gasteiger partial charge in [0, 0.05) is 12.0 Å². The molecule has 6 heteroatoms.